The van der Waals surface area contributed by atoms with Crippen molar-refractivity contribution in [2.24, 2.45) is 0 Å². The zero-order valence-corrected chi connectivity index (χ0v) is 13.5. The van der Waals surface area contributed by atoms with Gasteiger partial charge in [0.2, 0.25) is 0 Å². The van der Waals surface area contributed by atoms with E-state index < -0.39 is 0 Å². The molecule has 114 valence electrons. The Hall–Kier alpha value is -1.88. The van der Waals surface area contributed by atoms with E-state index in [-0.39, 0.29) is 17.9 Å². The van der Waals surface area contributed by atoms with E-state index in [0.717, 1.165) is 27.6 Å². The number of hydrogen-bond donors (Lipinski definition) is 2. The lowest BCUT2D eigenvalue weighted by Crippen LogP contribution is -2.36. The lowest BCUT2D eigenvalue weighted by atomic mass is 10.1. The average molecular weight is 363 g/mol. The molecule has 1 aliphatic rings. The molecule has 0 radical (unpaired) electrons. The summed E-state index contributed by atoms with van der Waals surface area (Å²) in [6.45, 7) is 0.460. The molecule has 0 aromatic heterocycles. The fourth-order valence-corrected chi connectivity index (χ4v) is 3.02. The SMILES string of the molecule is O=C(NCc1ccc(Br)cc1)NC1CCc2c(F)cccc21. The number of hydrogen-bond acceptors (Lipinski definition) is 1. The Kier molecular flexibility index (Phi) is 4.43. The highest BCUT2D eigenvalue weighted by Crippen LogP contribution is 2.32. The van der Waals surface area contributed by atoms with Crippen molar-refractivity contribution in [3.63, 3.8) is 0 Å². The molecule has 2 amide bonds. The fourth-order valence-electron chi connectivity index (χ4n) is 2.75. The van der Waals surface area contributed by atoms with Crippen molar-refractivity contribution in [1.82, 2.24) is 10.6 Å². The van der Waals surface area contributed by atoms with Crippen molar-refractivity contribution in [1.29, 1.82) is 0 Å². The van der Waals surface area contributed by atoms with E-state index in [1.165, 1.54) is 6.07 Å². The highest BCUT2D eigenvalue weighted by atomic mass is 79.9. The van der Waals surface area contributed by atoms with E-state index in [2.05, 4.69) is 26.6 Å². The maximum Gasteiger partial charge on any atom is 0.315 e. The molecule has 0 saturated carbocycles. The zero-order valence-electron chi connectivity index (χ0n) is 11.9. The van der Waals surface area contributed by atoms with E-state index in [1.807, 2.05) is 30.3 Å². The first-order chi connectivity index (χ1) is 10.6. The molecule has 0 spiro atoms. The summed E-state index contributed by atoms with van der Waals surface area (Å²) in [5, 5.41) is 5.75. The van der Waals surface area contributed by atoms with Crippen molar-refractivity contribution in [3.8, 4) is 0 Å². The Morgan fingerprint density at radius 2 is 2.00 bits per heavy atom. The van der Waals surface area contributed by atoms with E-state index in [0.29, 0.717) is 13.0 Å². The maximum atomic E-state index is 13.7. The molecule has 2 aromatic rings. The average Bonchev–Trinajstić information content (AvgIpc) is 2.91. The van der Waals surface area contributed by atoms with Crippen LogP contribution in [0.2, 0.25) is 0 Å². The van der Waals surface area contributed by atoms with Gasteiger partial charge in [-0.05, 0) is 47.7 Å². The Labute approximate surface area is 137 Å². The molecule has 0 heterocycles. The Morgan fingerprint density at radius 3 is 2.77 bits per heavy atom. The van der Waals surface area contributed by atoms with Crippen molar-refractivity contribution in [2.75, 3.05) is 0 Å². The smallest absolute Gasteiger partial charge is 0.315 e. The normalized spacial score (nSPS) is 16.2. The van der Waals surface area contributed by atoms with E-state index in [9.17, 15) is 9.18 Å². The van der Waals surface area contributed by atoms with Gasteiger partial charge in [-0.3, -0.25) is 0 Å². The summed E-state index contributed by atoms with van der Waals surface area (Å²) >= 11 is 3.37. The molecule has 0 aliphatic heterocycles. The summed E-state index contributed by atoms with van der Waals surface area (Å²) in [7, 11) is 0. The minimum atomic E-state index is -0.231. The van der Waals surface area contributed by atoms with Gasteiger partial charge in [-0.2, -0.15) is 0 Å². The van der Waals surface area contributed by atoms with Crippen LogP contribution in [-0.4, -0.2) is 6.03 Å². The number of rotatable bonds is 3. The van der Waals surface area contributed by atoms with Gasteiger partial charge in [0.15, 0.2) is 0 Å². The number of carbonyl (C=O) groups excluding carboxylic acids is 1. The predicted molar refractivity (Wildman–Crippen MR) is 87.0 cm³/mol. The monoisotopic (exact) mass is 362 g/mol. The fraction of sp³-hybridized carbons (Fsp3) is 0.235. The molecule has 1 unspecified atom stereocenters. The highest BCUT2D eigenvalue weighted by Gasteiger charge is 2.25. The number of nitrogens with one attached hydrogen (secondary N) is 2. The van der Waals surface area contributed by atoms with E-state index in [4.69, 9.17) is 0 Å². The van der Waals surface area contributed by atoms with Crippen LogP contribution in [0.25, 0.3) is 0 Å². The quantitative estimate of drug-likeness (QED) is 0.848. The van der Waals surface area contributed by atoms with Gasteiger partial charge >= 0.3 is 6.03 Å². The van der Waals surface area contributed by atoms with Gasteiger partial charge < -0.3 is 10.6 Å². The minimum absolute atomic E-state index is 0.115. The maximum absolute atomic E-state index is 13.7. The standard InChI is InChI=1S/C17H16BrFN2O/c18-12-6-4-11(5-7-12)10-20-17(22)21-16-9-8-13-14(16)2-1-3-15(13)19/h1-7,16H,8-10H2,(H2,20,21,22). The van der Waals surface area contributed by atoms with Gasteiger partial charge in [0.05, 0.1) is 6.04 Å². The molecular weight excluding hydrogens is 347 g/mol. The summed E-state index contributed by atoms with van der Waals surface area (Å²) in [6.07, 6.45) is 1.40. The topological polar surface area (TPSA) is 41.1 Å². The summed E-state index contributed by atoms with van der Waals surface area (Å²) < 4.78 is 14.7. The second kappa shape index (κ2) is 6.48. The number of amides is 2. The van der Waals surface area contributed by atoms with Gasteiger partial charge in [0, 0.05) is 11.0 Å². The highest BCUT2D eigenvalue weighted by molar-refractivity contribution is 9.10. The molecule has 5 heteroatoms. The lowest BCUT2D eigenvalue weighted by molar-refractivity contribution is 0.236. The van der Waals surface area contributed by atoms with Crippen LogP contribution in [0.5, 0.6) is 0 Å². The first-order valence-corrected chi connectivity index (χ1v) is 7.99. The van der Waals surface area contributed by atoms with Crippen LogP contribution in [0.3, 0.4) is 0 Å². The van der Waals surface area contributed by atoms with Crippen molar-refractivity contribution >= 4 is 22.0 Å². The molecule has 1 aliphatic carbocycles. The molecule has 0 fully saturated rings. The van der Waals surface area contributed by atoms with Crippen LogP contribution >= 0.6 is 15.9 Å². The second-order valence-electron chi connectivity index (χ2n) is 5.35. The minimum Gasteiger partial charge on any atom is -0.334 e. The lowest BCUT2D eigenvalue weighted by Gasteiger charge is -2.15. The molecular formula is C17H16BrFN2O. The Balaban J connectivity index is 1.57. The predicted octanol–water partition coefficient (Wildman–Crippen LogP) is 4.07. The van der Waals surface area contributed by atoms with Gasteiger partial charge in [-0.15, -0.1) is 0 Å². The largest absolute Gasteiger partial charge is 0.334 e. The van der Waals surface area contributed by atoms with E-state index in [1.54, 1.807) is 6.07 Å². The molecule has 3 rings (SSSR count). The van der Waals surface area contributed by atoms with Crippen LogP contribution < -0.4 is 10.6 Å². The number of fused-ring (bicyclic) bond motifs is 1. The van der Waals surface area contributed by atoms with Gasteiger partial charge in [0.25, 0.3) is 0 Å². The Bertz CT molecular complexity index is 688. The Morgan fingerprint density at radius 1 is 1.23 bits per heavy atom. The third kappa shape index (κ3) is 3.30. The first-order valence-electron chi connectivity index (χ1n) is 7.19. The van der Waals surface area contributed by atoms with Crippen LogP contribution in [0.4, 0.5) is 9.18 Å². The zero-order chi connectivity index (χ0) is 15.5. The molecule has 1 atom stereocenters. The summed E-state index contributed by atoms with van der Waals surface area (Å²) in [4.78, 5) is 12.0. The van der Waals surface area contributed by atoms with Gasteiger partial charge in [-0.1, -0.05) is 40.2 Å². The number of halogens is 2. The molecule has 3 nitrogen and oxygen atoms in total. The van der Waals surface area contributed by atoms with Crippen molar-refractivity contribution in [3.05, 3.63) is 69.4 Å². The van der Waals surface area contributed by atoms with Crippen molar-refractivity contribution < 1.29 is 9.18 Å². The first kappa shape index (κ1) is 15.0. The number of benzene rings is 2. The molecule has 0 saturated heterocycles. The van der Waals surface area contributed by atoms with Gasteiger partial charge in [0.1, 0.15) is 5.82 Å². The third-order valence-corrected chi connectivity index (χ3v) is 4.41. The molecule has 2 N–H and O–H groups in total. The van der Waals surface area contributed by atoms with Crippen LogP contribution in [0.1, 0.15) is 29.2 Å². The van der Waals surface area contributed by atoms with Crippen LogP contribution in [0, 0.1) is 5.82 Å². The molecule has 2 aromatic carbocycles. The van der Waals surface area contributed by atoms with Crippen LogP contribution in [-0.2, 0) is 13.0 Å². The third-order valence-electron chi connectivity index (χ3n) is 3.89. The second-order valence-corrected chi connectivity index (χ2v) is 6.27. The summed E-state index contributed by atoms with van der Waals surface area (Å²) in [6, 6.07) is 12.5. The summed E-state index contributed by atoms with van der Waals surface area (Å²) in [5.41, 5.74) is 2.63. The number of urea groups is 1. The van der Waals surface area contributed by atoms with Crippen molar-refractivity contribution in [2.45, 2.75) is 25.4 Å². The van der Waals surface area contributed by atoms with Gasteiger partial charge in [-0.25, -0.2) is 9.18 Å². The summed E-state index contributed by atoms with van der Waals surface area (Å²) in [5.74, 6) is -0.183. The number of carbonyl (C=O) groups is 1. The van der Waals surface area contributed by atoms with Crippen LogP contribution in [0.15, 0.2) is 46.9 Å². The molecule has 0 bridgehead atoms. The molecule has 22 heavy (non-hydrogen) atoms. The van der Waals surface area contributed by atoms with E-state index >= 15 is 0 Å².